The predicted molar refractivity (Wildman–Crippen MR) is 79.5 cm³/mol. The first-order valence-electron chi connectivity index (χ1n) is 5.81. The van der Waals surface area contributed by atoms with Crippen LogP contribution in [0.2, 0.25) is 10.0 Å². The zero-order valence-corrected chi connectivity index (χ0v) is 11.4. The van der Waals surface area contributed by atoms with E-state index in [-0.39, 0.29) is 0 Å². The molecule has 0 fully saturated rings. The van der Waals surface area contributed by atoms with E-state index in [1.165, 1.54) is 0 Å². The maximum atomic E-state index is 6.19. The third kappa shape index (κ3) is 2.37. The highest BCUT2D eigenvalue weighted by atomic mass is 35.5. The van der Waals surface area contributed by atoms with Crippen LogP contribution in [0.15, 0.2) is 54.7 Å². The highest BCUT2D eigenvalue weighted by Crippen LogP contribution is 2.32. The molecule has 3 aromatic rings. The van der Waals surface area contributed by atoms with Crippen molar-refractivity contribution in [2.45, 2.75) is 0 Å². The Balaban J connectivity index is 2.05. The van der Waals surface area contributed by atoms with Crippen LogP contribution < -0.4 is 0 Å². The predicted octanol–water partition coefficient (Wildman–Crippen LogP) is 5.05. The number of rotatable bonds is 2. The minimum atomic E-state index is 0.512. The van der Waals surface area contributed by atoms with Gasteiger partial charge in [-0.05, 0) is 12.1 Å². The third-order valence-corrected chi connectivity index (χ3v) is 3.67. The van der Waals surface area contributed by atoms with Crippen molar-refractivity contribution in [3.05, 3.63) is 64.8 Å². The van der Waals surface area contributed by atoms with E-state index in [0.717, 1.165) is 16.8 Å². The summed E-state index contributed by atoms with van der Waals surface area (Å²) < 4.78 is 0. The molecular weight excluding hydrogens is 279 g/mol. The second-order valence-electron chi connectivity index (χ2n) is 4.10. The van der Waals surface area contributed by atoms with E-state index < -0.39 is 0 Å². The van der Waals surface area contributed by atoms with Gasteiger partial charge in [0.2, 0.25) is 0 Å². The molecule has 0 aliphatic heterocycles. The van der Waals surface area contributed by atoms with Gasteiger partial charge < -0.3 is 4.98 Å². The molecule has 19 heavy (non-hydrogen) atoms. The molecule has 1 heterocycles. The van der Waals surface area contributed by atoms with Crippen LogP contribution in [0.3, 0.4) is 0 Å². The Kier molecular flexibility index (Phi) is 3.28. The van der Waals surface area contributed by atoms with Gasteiger partial charge in [0.1, 0.15) is 5.82 Å². The maximum absolute atomic E-state index is 6.19. The van der Waals surface area contributed by atoms with Gasteiger partial charge in [0.25, 0.3) is 0 Å². The minimum Gasteiger partial charge on any atom is -0.344 e. The summed E-state index contributed by atoms with van der Waals surface area (Å²) in [5.41, 5.74) is 2.74. The number of benzene rings is 2. The second kappa shape index (κ2) is 5.08. The van der Waals surface area contributed by atoms with E-state index in [1.54, 1.807) is 6.07 Å². The van der Waals surface area contributed by atoms with Crippen LogP contribution in [0.5, 0.6) is 0 Å². The Morgan fingerprint density at radius 3 is 2.47 bits per heavy atom. The zero-order valence-electron chi connectivity index (χ0n) is 9.90. The van der Waals surface area contributed by atoms with Crippen molar-refractivity contribution in [3.63, 3.8) is 0 Å². The average molecular weight is 289 g/mol. The van der Waals surface area contributed by atoms with Crippen molar-refractivity contribution >= 4 is 23.2 Å². The molecule has 2 aromatic carbocycles. The third-order valence-electron chi connectivity index (χ3n) is 2.85. The summed E-state index contributed by atoms with van der Waals surface area (Å²) in [4.78, 5) is 7.69. The summed E-state index contributed by atoms with van der Waals surface area (Å²) in [6, 6.07) is 15.5. The van der Waals surface area contributed by atoms with E-state index in [4.69, 9.17) is 23.2 Å². The number of H-pyrrole nitrogens is 1. The van der Waals surface area contributed by atoms with Gasteiger partial charge in [-0.15, -0.1) is 0 Å². The molecule has 4 heteroatoms. The van der Waals surface area contributed by atoms with Gasteiger partial charge in [-0.3, -0.25) is 0 Å². The topological polar surface area (TPSA) is 28.7 Å². The number of hydrogen-bond acceptors (Lipinski definition) is 1. The highest BCUT2D eigenvalue weighted by molar-refractivity contribution is 6.43. The first kappa shape index (κ1) is 12.3. The lowest BCUT2D eigenvalue weighted by Crippen LogP contribution is -1.83. The Morgan fingerprint density at radius 1 is 0.895 bits per heavy atom. The van der Waals surface area contributed by atoms with Crippen LogP contribution in [0.1, 0.15) is 0 Å². The normalized spacial score (nSPS) is 10.6. The maximum Gasteiger partial charge on any atom is 0.139 e. The van der Waals surface area contributed by atoms with Crippen molar-refractivity contribution in [1.82, 2.24) is 9.97 Å². The lowest BCUT2D eigenvalue weighted by atomic mass is 10.2. The van der Waals surface area contributed by atoms with Crippen LogP contribution in [0, 0.1) is 0 Å². The van der Waals surface area contributed by atoms with Gasteiger partial charge in [-0.2, -0.15) is 0 Å². The van der Waals surface area contributed by atoms with Crippen LogP contribution in [-0.4, -0.2) is 9.97 Å². The summed E-state index contributed by atoms with van der Waals surface area (Å²) in [6.07, 6.45) is 1.86. The van der Waals surface area contributed by atoms with Gasteiger partial charge in [0.05, 0.1) is 15.7 Å². The number of aromatic nitrogens is 2. The van der Waals surface area contributed by atoms with E-state index in [0.29, 0.717) is 15.9 Å². The van der Waals surface area contributed by atoms with E-state index >= 15 is 0 Å². The first-order chi connectivity index (χ1) is 9.25. The van der Waals surface area contributed by atoms with E-state index in [1.807, 2.05) is 48.7 Å². The second-order valence-corrected chi connectivity index (χ2v) is 4.89. The Hall–Kier alpha value is -1.77. The molecule has 94 valence electrons. The number of aromatic amines is 1. The molecule has 0 aliphatic rings. The standard InChI is InChI=1S/C15H10Cl2N2/c16-12-8-4-7-11(14(12)17)15-18-9-13(19-15)10-5-2-1-3-6-10/h1-9H,(H,18,19). The lowest BCUT2D eigenvalue weighted by molar-refractivity contribution is 1.31. The van der Waals surface area contributed by atoms with E-state index in [2.05, 4.69) is 9.97 Å². The summed E-state index contributed by atoms with van der Waals surface area (Å²) in [5.74, 6) is 0.714. The monoisotopic (exact) mass is 288 g/mol. The molecule has 0 unspecified atom stereocenters. The van der Waals surface area contributed by atoms with Gasteiger partial charge >= 0.3 is 0 Å². The lowest BCUT2D eigenvalue weighted by Gasteiger charge is -2.01. The fraction of sp³-hybridized carbons (Fsp3) is 0. The van der Waals surface area contributed by atoms with Crippen LogP contribution in [-0.2, 0) is 0 Å². The molecule has 1 aromatic heterocycles. The first-order valence-corrected chi connectivity index (χ1v) is 6.56. The van der Waals surface area contributed by atoms with Gasteiger partial charge in [-0.25, -0.2) is 4.98 Å². The molecule has 0 aliphatic carbocycles. The molecule has 0 saturated carbocycles. The van der Waals surface area contributed by atoms with Gasteiger partial charge in [0, 0.05) is 17.3 Å². The van der Waals surface area contributed by atoms with Crippen LogP contribution in [0.25, 0.3) is 22.6 Å². The van der Waals surface area contributed by atoms with Gasteiger partial charge in [0.15, 0.2) is 0 Å². The zero-order chi connectivity index (χ0) is 13.2. The molecule has 3 rings (SSSR count). The highest BCUT2D eigenvalue weighted by Gasteiger charge is 2.10. The summed E-state index contributed by atoms with van der Waals surface area (Å²) in [7, 11) is 0. The molecule has 0 radical (unpaired) electrons. The molecule has 0 saturated heterocycles. The smallest absolute Gasteiger partial charge is 0.139 e. The quantitative estimate of drug-likeness (QED) is 0.702. The fourth-order valence-corrected chi connectivity index (χ4v) is 2.29. The molecular formula is C15H10Cl2N2. The molecule has 0 atom stereocenters. The van der Waals surface area contributed by atoms with E-state index in [9.17, 15) is 0 Å². The van der Waals surface area contributed by atoms with Crippen molar-refractivity contribution < 1.29 is 0 Å². The molecule has 2 nitrogen and oxygen atoms in total. The Morgan fingerprint density at radius 2 is 1.68 bits per heavy atom. The van der Waals surface area contributed by atoms with Gasteiger partial charge in [-0.1, -0.05) is 59.6 Å². The number of halogens is 2. The van der Waals surface area contributed by atoms with Crippen molar-refractivity contribution in [2.24, 2.45) is 0 Å². The SMILES string of the molecule is Clc1cccc(-c2nc(-c3ccccc3)c[nH]2)c1Cl. The summed E-state index contributed by atoms with van der Waals surface area (Å²) >= 11 is 12.2. The minimum absolute atomic E-state index is 0.512. The molecule has 0 amide bonds. The molecule has 0 spiro atoms. The van der Waals surface area contributed by atoms with Crippen LogP contribution in [0.4, 0.5) is 0 Å². The van der Waals surface area contributed by atoms with Crippen molar-refractivity contribution in [3.8, 4) is 22.6 Å². The van der Waals surface area contributed by atoms with Crippen molar-refractivity contribution in [1.29, 1.82) is 0 Å². The largest absolute Gasteiger partial charge is 0.344 e. The Labute approximate surface area is 121 Å². The fourth-order valence-electron chi connectivity index (χ4n) is 1.90. The average Bonchev–Trinajstić information content (AvgIpc) is 2.92. The number of imidazole rings is 1. The Bertz CT molecular complexity index is 705. The summed E-state index contributed by atoms with van der Waals surface area (Å²) in [5, 5.41) is 1.04. The van der Waals surface area contributed by atoms with Crippen molar-refractivity contribution in [2.75, 3.05) is 0 Å². The number of nitrogens with one attached hydrogen (secondary N) is 1. The number of nitrogens with zero attached hydrogens (tertiary/aromatic N) is 1. The number of hydrogen-bond donors (Lipinski definition) is 1. The summed E-state index contributed by atoms with van der Waals surface area (Å²) in [6.45, 7) is 0. The van der Waals surface area contributed by atoms with Crippen LogP contribution >= 0.6 is 23.2 Å². The molecule has 0 bridgehead atoms. The molecule has 1 N–H and O–H groups in total.